The van der Waals surface area contributed by atoms with Gasteiger partial charge in [-0.3, -0.25) is 9.59 Å². The number of halogens is 3. The summed E-state index contributed by atoms with van der Waals surface area (Å²) in [4.78, 5) is 26.0. The first-order chi connectivity index (χ1) is 16.5. The number of hydrogen-bond acceptors (Lipinski definition) is 4. The van der Waals surface area contributed by atoms with E-state index in [1.165, 1.54) is 6.07 Å². The standard InChI is InChI=1S/C25H25F3N4O3/c1-15(19-8-6-17(7-9-19)13-21(33)34)29-23(35)22-16(2)30-32-11-10-31(24(22)32)14-18-4-3-5-20(12-18)25(26,27)28/h3-9,12,15H,10-11,13-14H2,1-2H3,(H,29,35)(H,33,34)/t15-/m0/s1. The van der Waals surface area contributed by atoms with Gasteiger partial charge < -0.3 is 15.3 Å². The average Bonchev–Trinajstić information content (AvgIpc) is 3.31. The third kappa shape index (κ3) is 5.31. The summed E-state index contributed by atoms with van der Waals surface area (Å²) in [6.45, 7) is 4.83. The van der Waals surface area contributed by atoms with Gasteiger partial charge in [-0.25, -0.2) is 4.68 Å². The van der Waals surface area contributed by atoms with Gasteiger partial charge in [0.2, 0.25) is 0 Å². The maximum Gasteiger partial charge on any atom is 0.416 e. The smallest absolute Gasteiger partial charge is 0.416 e. The molecule has 10 heteroatoms. The van der Waals surface area contributed by atoms with E-state index in [4.69, 9.17) is 5.11 Å². The first-order valence-electron chi connectivity index (χ1n) is 11.1. The first-order valence-corrected chi connectivity index (χ1v) is 11.1. The van der Waals surface area contributed by atoms with E-state index in [1.807, 2.05) is 11.8 Å². The molecule has 2 aromatic carbocycles. The fraction of sp³-hybridized carbons (Fsp3) is 0.320. The highest BCUT2D eigenvalue weighted by atomic mass is 19.4. The highest BCUT2D eigenvalue weighted by Gasteiger charge is 2.32. The molecule has 7 nitrogen and oxygen atoms in total. The predicted molar refractivity (Wildman–Crippen MR) is 123 cm³/mol. The third-order valence-corrected chi connectivity index (χ3v) is 6.02. The van der Waals surface area contributed by atoms with Gasteiger partial charge in [-0.1, -0.05) is 36.4 Å². The summed E-state index contributed by atoms with van der Waals surface area (Å²) in [7, 11) is 0. The molecule has 2 N–H and O–H groups in total. The topological polar surface area (TPSA) is 87.5 Å². The van der Waals surface area contributed by atoms with Gasteiger partial charge in [0.05, 0.1) is 30.3 Å². The number of fused-ring (bicyclic) bond motifs is 1. The number of alkyl halides is 3. The Bertz CT molecular complexity index is 1250. The minimum absolute atomic E-state index is 0.0789. The zero-order chi connectivity index (χ0) is 25.3. The van der Waals surface area contributed by atoms with Crippen LogP contribution in [0.4, 0.5) is 19.0 Å². The van der Waals surface area contributed by atoms with Gasteiger partial charge in [-0.15, -0.1) is 0 Å². The van der Waals surface area contributed by atoms with Gasteiger partial charge in [0.15, 0.2) is 0 Å². The summed E-state index contributed by atoms with van der Waals surface area (Å²) in [5.41, 5.74) is 2.19. The largest absolute Gasteiger partial charge is 0.481 e. The molecule has 1 aliphatic heterocycles. The minimum Gasteiger partial charge on any atom is -0.481 e. The lowest BCUT2D eigenvalue weighted by atomic mass is 10.0. The lowest BCUT2D eigenvalue weighted by molar-refractivity contribution is -0.138. The Morgan fingerprint density at radius 1 is 1.11 bits per heavy atom. The van der Waals surface area contributed by atoms with Crippen molar-refractivity contribution in [3.05, 3.63) is 82.0 Å². The van der Waals surface area contributed by atoms with E-state index in [1.54, 1.807) is 41.9 Å². The molecule has 0 saturated carbocycles. The van der Waals surface area contributed by atoms with Crippen molar-refractivity contribution < 1.29 is 27.9 Å². The van der Waals surface area contributed by atoms with Crippen molar-refractivity contribution in [2.45, 2.75) is 45.6 Å². The van der Waals surface area contributed by atoms with E-state index in [-0.39, 0.29) is 24.9 Å². The molecule has 0 aliphatic carbocycles. The van der Waals surface area contributed by atoms with E-state index in [2.05, 4.69) is 10.4 Å². The number of carboxylic acid groups (broad SMARTS) is 1. The Morgan fingerprint density at radius 3 is 2.49 bits per heavy atom. The second-order valence-electron chi connectivity index (χ2n) is 8.63. The van der Waals surface area contributed by atoms with Crippen LogP contribution in [0.3, 0.4) is 0 Å². The summed E-state index contributed by atoms with van der Waals surface area (Å²) in [5.74, 6) is -0.664. The normalized spacial score (nSPS) is 14.0. The lowest BCUT2D eigenvalue weighted by Crippen LogP contribution is -2.29. The Hall–Kier alpha value is -3.82. The van der Waals surface area contributed by atoms with Crippen molar-refractivity contribution in [1.82, 2.24) is 15.1 Å². The highest BCUT2D eigenvalue weighted by molar-refractivity contribution is 6.00. The molecule has 3 aromatic rings. The van der Waals surface area contributed by atoms with Crippen molar-refractivity contribution >= 4 is 17.7 Å². The molecular formula is C25H25F3N4O3. The lowest BCUT2D eigenvalue weighted by Gasteiger charge is -2.21. The van der Waals surface area contributed by atoms with Crippen molar-refractivity contribution in [3.63, 3.8) is 0 Å². The van der Waals surface area contributed by atoms with E-state index >= 15 is 0 Å². The fourth-order valence-corrected chi connectivity index (χ4v) is 4.30. The number of rotatable bonds is 7. The molecule has 35 heavy (non-hydrogen) atoms. The van der Waals surface area contributed by atoms with Crippen LogP contribution in [-0.4, -0.2) is 33.3 Å². The number of anilines is 1. The number of carbonyl (C=O) groups excluding carboxylic acids is 1. The van der Waals surface area contributed by atoms with Crippen LogP contribution in [0.5, 0.6) is 0 Å². The Labute approximate surface area is 200 Å². The van der Waals surface area contributed by atoms with Gasteiger partial charge in [0.25, 0.3) is 5.91 Å². The summed E-state index contributed by atoms with van der Waals surface area (Å²) in [5, 5.41) is 16.3. The maximum atomic E-state index is 13.2. The summed E-state index contributed by atoms with van der Waals surface area (Å²) in [6, 6.07) is 11.8. The average molecular weight is 486 g/mol. The quantitative estimate of drug-likeness (QED) is 0.519. The Kier molecular flexibility index (Phi) is 6.56. The maximum absolute atomic E-state index is 13.2. The molecule has 0 fully saturated rings. The third-order valence-electron chi connectivity index (χ3n) is 6.02. The molecule has 0 radical (unpaired) electrons. The molecule has 4 rings (SSSR count). The monoisotopic (exact) mass is 486 g/mol. The van der Waals surface area contributed by atoms with Crippen LogP contribution in [0.25, 0.3) is 0 Å². The van der Waals surface area contributed by atoms with E-state index in [9.17, 15) is 22.8 Å². The van der Waals surface area contributed by atoms with E-state index in [0.717, 1.165) is 17.7 Å². The number of aromatic nitrogens is 2. The van der Waals surface area contributed by atoms with Crippen LogP contribution >= 0.6 is 0 Å². The number of carbonyl (C=O) groups is 2. The zero-order valence-electron chi connectivity index (χ0n) is 19.3. The molecule has 0 bridgehead atoms. The number of nitrogens with zero attached hydrogens (tertiary/aromatic N) is 3. The van der Waals surface area contributed by atoms with Crippen LogP contribution in [0, 0.1) is 6.92 Å². The molecule has 1 atom stereocenters. The summed E-state index contributed by atoms with van der Waals surface area (Å²) >= 11 is 0. The molecule has 0 saturated heterocycles. The number of benzene rings is 2. The number of amides is 1. The molecule has 0 unspecified atom stereocenters. The number of nitrogens with one attached hydrogen (secondary N) is 1. The Morgan fingerprint density at radius 2 is 1.83 bits per heavy atom. The van der Waals surface area contributed by atoms with Gasteiger partial charge in [0, 0.05) is 13.1 Å². The van der Waals surface area contributed by atoms with Gasteiger partial charge in [-0.05, 0) is 42.7 Å². The number of aliphatic carboxylic acids is 1. The van der Waals surface area contributed by atoms with Gasteiger partial charge in [-0.2, -0.15) is 18.3 Å². The van der Waals surface area contributed by atoms with Crippen molar-refractivity contribution in [1.29, 1.82) is 0 Å². The van der Waals surface area contributed by atoms with E-state index < -0.39 is 17.7 Å². The van der Waals surface area contributed by atoms with Gasteiger partial charge >= 0.3 is 12.1 Å². The van der Waals surface area contributed by atoms with Crippen LogP contribution in [-0.2, 0) is 30.5 Å². The highest BCUT2D eigenvalue weighted by Crippen LogP contribution is 2.33. The number of hydrogen-bond donors (Lipinski definition) is 2. The summed E-state index contributed by atoms with van der Waals surface area (Å²) in [6.07, 6.45) is -4.50. The Balaban J connectivity index is 1.52. The van der Waals surface area contributed by atoms with Crippen LogP contribution in [0.2, 0.25) is 0 Å². The van der Waals surface area contributed by atoms with Crippen molar-refractivity contribution in [3.8, 4) is 0 Å². The van der Waals surface area contributed by atoms with Crippen LogP contribution in [0.1, 0.15) is 51.3 Å². The first kappa shape index (κ1) is 24.3. The fourth-order valence-electron chi connectivity index (χ4n) is 4.30. The molecule has 2 heterocycles. The number of carboxylic acids is 1. The van der Waals surface area contributed by atoms with Crippen molar-refractivity contribution in [2.24, 2.45) is 0 Å². The SMILES string of the molecule is Cc1nn2c(c1C(=O)N[C@@H](C)c1ccc(CC(=O)O)cc1)N(Cc1cccc(C(F)(F)F)c1)CC2. The minimum atomic E-state index is -4.42. The van der Waals surface area contributed by atoms with Crippen LogP contribution in [0.15, 0.2) is 48.5 Å². The van der Waals surface area contributed by atoms with Gasteiger partial charge in [0.1, 0.15) is 11.4 Å². The molecule has 1 amide bonds. The molecular weight excluding hydrogens is 461 g/mol. The molecule has 184 valence electrons. The second kappa shape index (κ2) is 9.44. The van der Waals surface area contributed by atoms with E-state index in [0.29, 0.717) is 41.3 Å². The number of aryl methyl sites for hydroxylation is 1. The second-order valence-corrected chi connectivity index (χ2v) is 8.63. The molecule has 1 aromatic heterocycles. The van der Waals surface area contributed by atoms with Crippen molar-refractivity contribution in [2.75, 3.05) is 11.4 Å². The summed E-state index contributed by atoms with van der Waals surface area (Å²) < 4.78 is 41.1. The molecule has 1 aliphatic rings. The molecule has 0 spiro atoms. The predicted octanol–water partition coefficient (Wildman–Crippen LogP) is 4.35. The van der Waals surface area contributed by atoms with Crippen LogP contribution < -0.4 is 10.2 Å². The zero-order valence-corrected chi connectivity index (χ0v) is 19.3.